The van der Waals surface area contributed by atoms with Gasteiger partial charge in [-0.25, -0.2) is 0 Å². The maximum atomic E-state index is 12.8. The van der Waals surface area contributed by atoms with Gasteiger partial charge in [-0.1, -0.05) is 0 Å². The van der Waals surface area contributed by atoms with E-state index in [1.165, 1.54) is 41.6 Å². The summed E-state index contributed by atoms with van der Waals surface area (Å²) >= 11 is 0. The number of carbonyl (C=O) groups is 2. The highest BCUT2D eigenvalue weighted by Crippen LogP contribution is 2.39. The molecule has 1 N–H and O–H groups in total. The molecule has 0 radical (unpaired) electrons. The molecule has 0 saturated carbocycles. The summed E-state index contributed by atoms with van der Waals surface area (Å²) in [7, 11) is 3.82. The number of nitrogens with zero attached hydrogens (tertiary/aromatic N) is 4. The Labute approximate surface area is 173 Å². The van der Waals surface area contributed by atoms with E-state index >= 15 is 0 Å². The molecule has 156 valence electrons. The Bertz CT molecular complexity index is 986. The van der Waals surface area contributed by atoms with Gasteiger partial charge in [-0.2, -0.15) is 0 Å². The molecule has 9 heteroatoms. The van der Waals surface area contributed by atoms with Crippen LogP contribution < -0.4 is 0 Å². The SMILES string of the molecule is CN(C)CCCN1C(=O)C(=O)C(=C(O)c2ccncc2)[C@@H]1c1ccc([N+](=O)[O-])cc1. The molecule has 2 aromatic rings. The minimum absolute atomic E-state index is 0.0371. The Kier molecular flexibility index (Phi) is 6.22. The lowest BCUT2D eigenvalue weighted by Crippen LogP contribution is -2.32. The fraction of sp³-hybridized carbons (Fsp3) is 0.286. The molecule has 0 spiro atoms. The number of non-ortho nitro benzene ring substituents is 1. The van der Waals surface area contributed by atoms with Crippen LogP contribution >= 0.6 is 0 Å². The quantitative estimate of drug-likeness (QED) is 0.245. The fourth-order valence-corrected chi connectivity index (χ4v) is 3.46. The normalized spacial score (nSPS) is 18.2. The first-order chi connectivity index (χ1) is 14.3. The lowest BCUT2D eigenvalue weighted by Gasteiger charge is -2.25. The topological polar surface area (TPSA) is 117 Å². The van der Waals surface area contributed by atoms with Crippen molar-refractivity contribution in [1.29, 1.82) is 0 Å². The number of likely N-dealkylation sites (tertiary alicyclic amines) is 1. The first-order valence-corrected chi connectivity index (χ1v) is 9.39. The molecule has 1 atom stereocenters. The Hall–Kier alpha value is -3.59. The van der Waals surface area contributed by atoms with E-state index in [4.69, 9.17) is 0 Å². The number of Topliss-reactive ketones (excluding diaryl/α,β-unsaturated/α-hetero) is 1. The summed E-state index contributed by atoms with van der Waals surface area (Å²) < 4.78 is 0. The zero-order valence-corrected chi connectivity index (χ0v) is 16.7. The summed E-state index contributed by atoms with van der Waals surface area (Å²) in [6.45, 7) is 1.01. The van der Waals surface area contributed by atoms with Crippen molar-refractivity contribution in [2.24, 2.45) is 0 Å². The molecular formula is C21H22N4O5. The summed E-state index contributed by atoms with van der Waals surface area (Å²) in [4.78, 5) is 43.4. The molecule has 30 heavy (non-hydrogen) atoms. The summed E-state index contributed by atoms with van der Waals surface area (Å²) in [5, 5.41) is 21.8. The van der Waals surface area contributed by atoms with Crippen LogP contribution in [0, 0.1) is 10.1 Å². The first-order valence-electron chi connectivity index (χ1n) is 9.39. The number of benzene rings is 1. The van der Waals surface area contributed by atoms with Crippen molar-refractivity contribution < 1.29 is 19.6 Å². The molecule has 1 saturated heterocycles. The Morgan fingerprint density at radius 1 is 1.17 bits per heavy atom. The van der Waals surface area contributed by atoms with E-state index in [1.54, 1.807) is 12.1 Å². The van der Waals surface area contributed by atoms with Gasteiger partial charge in [0.1, 0.15) is 5.76 Å². The van der Waals surface area contributed by atoms with Crippen LogP contribution in [0.5, 0.6) is 0 Å². The fourth-order valence-electron chi connectivity index (χ4n) is 3.46. The molecule has 1 aromatic carbocycles. The van der Waals surface area contributed by atoms with Crippen LogP contribution in [0.3, 0.4) is 0 Å². The van der Waals surface area contributed by atoms with Gasteiger partial charge in [0, 0.05) is 36.6 Å². The number of hydrogen-bond acceptors (Lipinski definition) is 7. The molecule has 2 heterocycles. The van der Waals surface area contributed by atoms with Crippen molar-refractivity contribution >= 4 is 23.1 Å². The minimum Gasteiger partial charge on any atom is -0.507 e. The zero-order chi connectivity index (χ0) is 21.8. The van der Waals surface area contributed by atoms with Crippen molar-refractivity contribution in [3.8, 4) is 0 Å². The number of carbonyl (C=O) groups excluding carboxylic acids is 2. The standard InChI is InChI=1S/C21H22N4O5/c1-23(2)12-3-13-24-18(14-4-6-16(7-5-14)25(29)30)17(20(27)21(24)28)19(26)15-8-10-22-11-9-15/h4-11,18,26H,3,12-13H2,1-2H3/t18-/m0/s1. The van der Waals surface area contributed by atoms with Crippen molar-refractivity contribution in [3.63, 3.8) is 0 Å². The van der Waals surface area contributed by atoms with Crippen LogP contribution in [0.4, 0.5) is 5.69 Å². The largest absolute Gasteiger partial charge is 0.507 e. The molecule has 3 rings (SSSR count). The maximum absolute atomic E-state index is 12.8. The highest BCUT2D eigenvalue weighted by molar-refractivity contribution is 6.46. The van der Waals surface area contributed by atoms with Gasteiger partial charge in [-0.05, 0) is 56.9 Å². The first kappa shape index (κ1) is 21.1. The van der Waals surface area contributed by atoms with Crippen molar-refractivity contribution in [3.05, 3.63) is 75.6 Å². The van der Waals surface area contributed by atoms with E-state index in [0.29, 0.717) is 30.6 Å². The maximum Gasteiger partial charge on any atom is 0.295 e. The highest BCUT2D eigenvalue weighted by atomic mass is 16.6. The van der Waals surface area contributed by atoms with Gasteiger partial charge in [0.15, 0.2) is 0 Å². The lowest BCUT2D eigenvalue weighted by molar-refractivity contribution is -0.384. The molecule has 1 fully saturated rings. The number of amides is 1. The third kappa shape index (κ3) is 4.20. The molecule has 1 aliphatic heterocycles. The lowest BCUT2D eigenvalue weighted by atomic mass is 9.95. The Balaban J connectivity index is 2.08. The van der Waals surface area contributed by atoms with E-state index in [9.17, 15) is 24.8 Å². The van der Waals surface area contributed by atoms with Crippen molar-refractivity contribution in [2.75, 3.05) is 27.2 Å². The zero-order valence-electron chi connectivity index (χ0n) is 16.7. The average molecular weight is 410 g/mol. The Morgan fingerprint density at radius 3 is 2.37 bits per heavy atom. The number of nitro benzene ring substituents is 1. The van der Waals surface area contributed by atoms with Crippen molar-refractivity contribution in [2.45, 2.75) is 12.5 Å². The van der Waals surface area contributed by atoms with E-state index in [0.717, 1.165) is 0 Å². The van der Waals surface area contributed by atoms with Gasteiger partial charge < -0.3 is 14.9 Å². The van der Waals surface area contributed by atoms with Gasteiger partial charge in [-0.3, -0.25) is 24.7 Å². The molecule has 1 amide bonds. The third-order valence-electron chi connectivity index (χ3n) is 4.92. The summed E-state index contributed by atoms with van der Waals surface area (Å²) in [6, 6.07) is 7.91. The number of aliphatic hydroxyl groups excluding tert-OH is 1. The van der Waals surface area contributed by atoms with E-state index < -0.39 is 22.7 Å². The van der Waals surface area contributed by atoms with Crippen LogP contribution in [-0.4, -0.2) is 63.7 Å². The van der Waals surface area contributed by atoms with Gasteiger partial charge in [-0.15, -0.1) is 0 Å². The van der Waals surface area contributed by atoms with Crippen LogP contribution in [0.1, 0.15) is 23.6 Å². The predicted octanol–water partition coefficient (Wildman–Crippen LogP) is 2.36. The number of aliphatic hydroxyl groups is 1. The highest BCUT2D eigenvalue weighted by Gasteiger charge is 2.45. The summed E-state index contributed by atoms with van der Waals surface area (Å²) in [5.74, 6) is -1.78. The number of pyridine rings is 1. The number of hydrogen-bond donors (Lipinski definition) is 1. The van der Waals surface area contributed by atoms with E-state index in [2.05, 4.69) is 4.98 Å². The van der Waals surface area contributed by atoms with E-state index in [1.807, 2.05) is 19.0 Å². The van der Waals surface area contributed by atoms with Gasteiger partial charge >= 0.3 is 0 Å². The molecule has 1 aliphatic rings. The minimum atomic E-state index is -0.832. The van der Waals surface area contributed by atoms with Crippen molar-refractivity contribution in [1.82, 2.24) is 14.8 Å². The van der Waals surface area contributed by atoms with E-state index in [-0.39, 0.29) is 17.0 Å². The molecule has 1 aromatic heterocycles. The van der Waals surface area contributed by atoms with Gasteiger partial charge in [0.05, 0.1) is 16.5 Å². The summed E-state index contributed by atoms with van der Waals surface area (Å²) in [6.07, 6.45) is 3.57. The Morgan fingerprint density at radius 2 is 1.80 bits per heavy atom. The monoisotopic (exact) mass is 410 g/mol. The summed E-state index contributed by atoms with van der Waals surface area (Å²) in [5.41, 5.74) is 0.741. The third-order valence-corrected chi connectivity index (χ3v) is 4.92. The van der Waals surface area contributed by atoms with Gasteiger partial charge in [0.2, 0.25) is 0 Å². The number of ketones is 1. The smallest absolute Gasteiger partial charge is 0.295 e. The molecular weight excluding hydrogens is 388 g/mol. The number of aromatic nitrogens is 1. The van der Waals surface area contributed by atoms with Crippen LogP contribution in [-0.2, 0) is 9.59 Å². The molecule has 0 unspecified atom stereocenters. The second kappa shape index (κ2) is 8.83. The number of nitro groups is 1. The molecule has 0 bridgehead atoms. The number of rotatable bonds is 7. The molecule has 0 aliphatic carbocycles. The average Bonchev–Trinajstić information content (AvgIpc) is 2.98. The van der Waals surface area contributed by atoms with Gasteiger partial charge in [0.25, 0.3) is 17.4 Å². The van der Waals surface area contributed by atoms with Crippen LogP contribution in [0.25, 0.3) is 5.76 Å². The molecule has 9 nitrogen and oxygen atoms in total. The van der Waals surface area contributed by atoms with Crippen LogP contribution in [0.15, 0.2) is 54.4 Å². The second-order valence-corrected chi connectivity index (χ2v) is 7.23. The predicted molar refractivity (Wildman–Crippen MR) is 110 cm³/mol. The second-order valence-electron chi connectivity index (χ2n) is 7.23. The van der Waals surface area contributed by atoms with Crippen LogP contribution in [0.2, 0.25) is 0 Å².